The van der Waals surface area contributed by atoms with Crippen LogP contribution in [0.1, 0.15) is 27.4 Å². The first kappa shape index (κ1) is 14.0. The van der Waals surface area contributed by atoms with Crippen LogP contribution >= 0.6 is 27.5 Å². The second kappa shape index (κ2) is 5.70. The number of hydrogen-bond donors (Lipinski definition) is 1. The average Bonchev–Trinajstić information content (AvgIpc) is 2.82. The van der Waals surface area contributed by atoms with Gasteiger partial charge in [0.25, 0.3) is 12.3 Å². The van der Waals surface area contributed by atoms with Crippen LogP contribution in [-0.4, -0.2) is 15.5 Å². The number of halogens is 3. The van der Waals surface area contributed by atoms with E-state index >= 15 is 0 Å². The largest absolute Gasteiger partial charge is 0.321 e. The molecule has 0 fully saturated rings. The summed E-state index contributed by atoms with van der Waals surface area (Å²) in [5.74, 6) is -0.629. The van der Waals surface area contributed by atoms with E-state index in [0.29, 0.717) is 17.2 Å². The standard InChI is InChI=1S/C11H8BrF2N3OS/c1-5-4-6(12)2-3-7(5)15-11(18)9-8(10(13)14)16-17-19-9/h2-4,10H,1H3,(H,15,18). The van der Waals surface area contributed by atoms with Crippen molar-refractivity contribution in [1.29, 1.82) is 0 Å². The van der Waals surface area contributed by atoms with E-state index in [2.05, 4.69) is 30.8 Å². The van der Waals surface area contributed by atoms with E-state index in [0.717, 1.165) is 10.0 Å². The fraction of sp³-hybridized carbons (Fsp3) is 0.182. The van der Waals surface area contributed by atoms with Crippen molar-refractivity contribution < 1.29 is 13.6 Å². The number of nitrogens with zero attached hydrogens (tertiary/aromatic N) is 2. The fourth-order valence-electron chi connectivity index (χ4n) is 1.44. The molecule has 1 N–H and O–H groups in total. The average molecular weight is 348 g/mol. The Hall–Kier alpha value is -1.41. The van der Waals surface area contributed by atoms with Gasteiger partial charge in [-0.2, -0.15) is 0 Å². The molecule has 100 valence electrons. The molecule has 2 aromatic rings. The number of alkyl halides is 2. The zero-order valence-electron chi connectivity index (χ0n) is 9.65. The number of aryl methyl sites for hydroxylation is 1. The number of aromatic nitrogens is 2. The third-order valence-electron chi connectivity index (χ3n) is 2.36. The van der Waals surface area contributed by atoms with Gasteiger partial charge in [0.2, 0.25) is 0 Å². The van der Waals surface area contributed by atoms with Crippen molar-refractivity contribution in [3.05, 3.63) is 38.8 Å². The third-order valence-corrected chi connectivity index (χ3v) is 3.60. The van der Waals surface area contributed by atoms with Crippen molar-refractivity contribution in [2.75, 3.05) is 5.32 Å². The topological polar surface area (TPSA) is 54.9 Å². The Kier molecular flexibility index (Phi) is 4.20. The number of anilines is 1. The van der Waals surface area contributed by atoms with Crippen LogP contribution < -0.4 is 5.32 Å². The number of hydrogen-bond acceptors (Lipinski definition) is 4. The minimum absolute atomic E-state index is 0.169. The van der Waals surface area contributed by atoms with Crippen LogP contribution in [0.5, 0.6) is 0 Å². The summed E-state index contributed by atoms with van der Waals surface area (Å²) in [5.41, 5.74) is 0.790. The Morgan fingerprint density at radius 1 is 1.47 bits per heavy atom. The zero-order chi connectivity index (χ0) is 14.0. The van der Waals surface area contributed by atoms with Gasteiger partial charge in [-0.3, -0.25) is 4.79 Å². The second-order valence-corrected chi connectivity index (χ2v) is 5.37. The first-order chi connectivity index (χ1) is 8.99. The minimum atomic E-state index is -2.81. The zero-order valence-corrected chi connectivity index (χ0v) is 12.1. The molecule has 0 saturated heterocycles. The molecule has 1 amide bonds. The SMILES string of the molecule is Cc1cc(Br)ccc1NC(=O)c1snnc1C(F)F. The molecule has 4 nitrogen and oxygen atoms in total. The highest BCUT2D eigenvalue weighted by molar-refractivity contribution is 9.10. The lowest BCUT2D eigenvalue weighted by Gasteiger charge is -2.08. The van der Waals surface area contributed by atoms with Crippen LogP contribution in [0.2, 0.25) is 0 Å². The molecule has 1 heterocycles. The van der Waals surface area contributed by atoms with Crippen LogP contribution in [0, 0.1) is 6.92 Å². The van der Waals surface area contributed by atoms with Crippen molar-refractivity contribution in [1.82, 2.24) is 9.59 Å². The summed E-state index contributed by atoms with van der Waals surface area (Å²) < 4.78 is 29.5. The molecule has 0 bridgehead atoms. The van der Waals surface area contributed by atoms with Gasteiger partial charge in [-0.05, 0) is 42.2 Å². The first-order valence-electron chi connectivity index (χ1n) is 5.17. The van der Waals surface area contributed by atoms with Crippen molar-refractivity contribution in [3.63, 3.8) is 0 Å². The lowest BCUT2D eigenvalue weighted by molar-refractivity contribution is 0.101. The minimum Gasteiger partial charge on any atom is -0.321 e. The van der Waals surface area contributed by atoms with Gasteiger partial charge < -0.3 is 5.32 Å². The van der Waals surface area contributed by atoms with Crippen LogP contribution in [0.4, 0.5) is 14.5 Å². The molecule has 8 heteroatoms. The van der Waals surface area contributed by atoms with Crippen LogP contribution in [0.3, 0.4) is 0 Å². The predicted octanol–water partition coefficient (Wildman–Crippen LogP) is 3.80. The summed E-state index contributed by atoms with van der Waals surface area (Å²) in [6.07, 6.45) is -2.81. The molecule has 2 rings (SSSR count). The summed E-state index contributed by atoms with van der Waals surface area (Å²) in [4.78, 5) is 11.7. The molecule has 1 aromatic carbocycles. The normalized spacial score (nSPS) is 10.8. The van der Waals surface area contributed by atoms with E-state index in [9.17, 15) is 13.6 Å². The van der Waals surface area contributed by atoms with E-state index in [4.69, 9.17) is 0 Å². The van der Waals surface area contributed by atoms with E-state index in [1.807, 2.05) is 6.07 Å². The second-order valence-electron chi connectivity index (χ2n) is 3.70. The summed E-state index contributed by atoms with van der Waals surface area (Å²) >= 11 is 3.95. The van der Waals surface area contributed by atoms with Gasteiger partial charge >= 0.3 is 0 Å². The van der Waals surface area contributed by atoms with E-state index in [-0.39, 0.29) is 4.88 Å². The number of amides is 1. The van der Waals surface area contributed by atoms with E-state index in [1.54, 1.807) is 19.1 Å². The molecule has 0 saturated carbocycles. The highest BCUT2D eigenvalue weighted by Gasteiger charge is 2.23. The highest BCUT2D eigenvalue weighted by atomic mass is 79.9. The number of rotatable bonds is 3. The molecule has 0 spiro atoms. The van der Waals surface area contributed by atoms with Crippen LogP contribution in [0.15, 0.2) is 22.7 Å². The van der Waals surface area contributed by atoms with Gasteiger partial charge in [0.1, 0.15) is 4.88 Å². The van der Waals surface area contributed by atoms with Gasteiger partial charge in [-0.15, -0.1) is 5.10 Å². The number of carbonyl (C=O) groups is 1. The Morgan fingerprint density at radius 2 is 2.21 bits per heavy atom. The summed E-state index contributed by atoms with van der Waals surface area (Å²) in [5, 5.41) is 5.84. The fourth-order valence-corrected chi connectivity index (χ4v) is 2.49. The van der Waals surface area contributed by atoms with Crippen molar-refractivity contribution in [2.24, 2.45) is 0 Å². The maximum Gasteiger partial charge on any atom is 0.283 e. The molecule has 1 aromatic heterocycles. The van der Waals surface area contributed by atoms with Gasteiger partial charge in [-0.1, -0.05) is 20.4 Å². The molecule has 0 aliphatic rings. The first-order valence-corrected chi connectivity index (χ1v) is 6.73. The van der Waals surface area contributed by atoms with Crippen molar-refractivity contribution >= 4 is 39.1 Å². The molecule has 0 unspecified atom stereocenters. The smallest absolute Gasteiger partial charge is 0.283 e. The molecule has 0 aliphatic heterocycles. The Bertz CT molecular complexity index is 618. The van der Waals surface area contributed by atoms with Gasteiger partial charge in [0.15, 0.2) is 5.69 Å². The van der Waals surface area contributed by atoms with Crippen LogP contribution in [-0.2, 0) is 0 Å². The third kappa shape index (κ3) is 3.13. The quantitative estimate of drug-likeness (QED) is 0.918. The highest BCUT2D eigenvalue weighted by Crippen LogP contribution is 2.25. The van der Waals surface area contributed by atoms with Crippen molar-refractivity contribution in [2.45, 2.75) is 13.3 Å². The Morgan fingerprint density at radius 3 is 2.84 bits per heavy atom. The van der Waals surface area contributed by atoms with E-state index in [1.165, 1.54) is 0 Å². The van der Waals surface area contributed by atoms with Gasteiger partial charge in [0, 0.05) is 10.2 Å². The summed E-state index contributed by atoms with van der Waals surface area (Å²) in [6, 6.07) is 5.25. The Labute approximate surface area is 120 Å². The van der Waals surface area contributed by atoms with Crippen LogP contribution in [0.25, 0.3) is 0 Å². The molecule has 19 heavy (non-hydrogen) atoms. The summed E-state index contributed by atoms with van der Waals surface area (Å²) in [7, 11) is 0. The molecule has 0 atom stereocenters. The molecular weight excluding hydrogens is 340 g/mol. The Balaban J connectivity index is 2.23. The molecular formula is C11H8BrF2N3OS. The predicted molar refractivity (Wildman–Crippen MR) is 71.7 cm³/mol. The molecule has 0 aliphatic carbocycles. The van der Waals surface area contributed by atoms with Gasteiger partial charge in [0.05, 0.1) is 0 Å². The lowest BCUT2D eigenvalue weighted by atomic mass is 10.2. The number of carbonyl (C=O) groups excluding carboxylic acids is 1. The summed E-state index contributed by atoms with van der Waals surface area (Å²) in [6.45, 7) is 1.80. The lowest BCUT2D eigenvalue weighted by Crippen LogP contribution is -2.13. The number of benzene rings is 1. The van der Waals surface area contributed by atoms with E-state index < -0.39 is 18.0 Å². The van der Waals surface area contributed by atoms with Gasteiger partial charge in [-0.25, -0.2) is 8.78 Å². The number of nitrogens with one attached hydrogen (secondary N) is 1. The van der Waals surface area contributed by atoms with Crippen molar-refractivity contribution in [3.8, 4) is 0 Å². The monoisotopic (exact) mass is 347 g/mol. The molecule has 0 radical (unpaired) electrons. The maximum absolute atomic E-state index is 12.6. The maximum atomic E-state index is 12.6.